The molecule has 0 radical (unpaired) electrons. The largest absolute Gasteiger partial charge is 0.497 e. The minimum absolute atomic E-state index is 0.0938. The summed E-state index contributed by atoms with van der Waals surface area (Å²) < 4.78 is 11.5. The van der Waals surface area contributed by atoms with E-state index in [-0.39, 0.29) is 5.97 Å². The molecule has 92 valence electrons. The van der Waals surface area contributed by atoms with Gasteiger partial charge in [0.2, 0.25) is 0 Å². The minimum Gasteiger partial charge on any atom is -0.497 e. The second-order valence-corrected chi connectivity index (χ2v) is 4.95. The summed E-state index contributed by atoms with van der Waals surface area (Å²) in [5, 5.41) is 0. The van der Waals surface area contributed by atoms with E-state index in [4.69, 9.17) is 9.47 Å². The zero-order valence-corrected chi connectivity index (χ0v) is 11.9. The lowest BCUT2D eigenvalue weighted by molar-refractivity contribution is -0.165. The molecule has 0 amide bonds. The van der Waals surface area contributed by atoms with E-state index in [0.29, 0.717) is 6.42 Å². The zero-order valence-electron chi connectivity index (χ0n) is 9.74. The van der Waals surface area contributed by atoms with Crippen LogP contribution in [-0.4, -0.2) is 17.5 Å². The van der Waals surface area contributed by atoms with Crippen molar-refractivity contribution >= 4 is 28.6 Å². The van der Waals surface area contributed by atoms with Crippen LogP contribution in [0.3, 0.4) is 0 Å². The number of cyclic esters (lactones) is 1. The fraction of sp³-hybridized carbons (Fsp3) is 0.462. The number of halogens is 1. The number of carbonyl (C=O) groups is 1. The molecule has 1 fully saturated rings. The molecule has 1 heterocycles. The molecule has 1 aliphatic rings. The van der Waals surface area contributed by atoms with Crippen molar-refractivity contribution in [3.8, 4) is 5.75 Å². The Kier molecular flexibility index (Phi) is 3.91. The highest BCUT2D eigenvalue weighted by molar-refractivity contribution is 14.1. The normalized spacial score (nSPS) is 24.2. The fourth-order valence-electron chi connectivity index (χ4n) is 2.11. The molecule has 0 aliphatic carbocycles. The Bertz CT molecular complexity index is 402. The van der Waals surface area contributed by atoms with Crippen LogP contribution in [-0.2, 0) is 15.1 Å². The molecule has 1 saturated heterocycles. The number of hydrogen-bond acceptors (Lipinski definition) is 3. The molecule has 1 aromatic carbocycles. The van der Waals surface area contributed by atoms with Crippen LogP contribution in [0.4, 0.5) is 0 Å². The monoisotopic (exact) mass is 346 g/mol. The Balaban J connectivity index is 2.29. The molecule has 1 aliphatic heterocycles. The van der Waals surface area contributed by atoms with E-state index >= 15 is 0 Å². The lowest BCUT2D eigenvalue weighted by atomic mass is 9.88. The fourth-order valence-corrected chi connectivity index (χ4v) is 3.09. The third kappa shape index (κ3) is 2.56. The summed E-state index contributed by atoms with van der Waals surface area (Å²) in [5.41, 5.74) is 0.614. The van der Waals surface area contributed by atoms with Gasteiger partial charge in [0.15, 0.2) is 0 Å². The smallest absolute Gasteiger partial charge is 0.306 e. The van der Waals surface area contributed by atoms with Crippen molar-refractivity contribution in [3.05, 3.63) is 29.8 Å². The van der Waals surface area contributed by atoms with Crippen LogP contribution < -0.4 is 4.74 Å². The lowest BCUT2D eigenvalue weighted by Gasteiger charge is -2.35. The van der Waals surface area contributed by atoms with Crippen LogP contribution in [0.25, 0.3) is 0 Å². The Labute approximate surface area is 115 Å². The highest BCUT2D eigenvalue weighted by atomic mass is 127. The van der Waals surface area contributed by atoms with E-state index in [1.807, 2.05) is 24.3 Å². The van der Waals surface area contributed by atoms with Gasteiger partial charge < -0.3 is 9.47 Å². The Morgan fingerprint density at radius 2 is 2.12 bits per heavy atom. The Hall–Kier alpha value is -0.780. The van der Waals surface area contributed by atoms with Gasteiger partial charge in [-0.25, -0.2) is 0 Å². The van der Waals surface area contributed by atoms with E-state index in [1.165, 1.54) is 0 Å². The summed E-state index contributed by atoms with van der Waals surface area (Å²) in [6, 6.07) is 7.78. The molecule has 0 spiro atoms. The Morgan fingerprint density at radius 1 is 1.41 bits per heavy atom. The van der Waals surface area contributed by atoms with E-state index in [0.717, 1.165) is 28.6 Å². The average molecular weight is 346 g/mol. The van der Waals surface area contributed by atoms with Crippen LogP contribution in [0.1, 0.15) is 24.8 Å². The van der Waals surface area contributed by atoms with E-state index < -0.39 is 5.60 Å². The number of benzene rings is 1. The molecule has 4 heteroatoms. The van der Waals surface area contributed by atoms with Crippen LogP contribution in [0.15, 0.2) is 24.3 Å². The highest BCUT2D eigenvalue weighted by Crippen LogP contribution is 2.37. The van der Waals surface area contributed by atoms with Crippen LogP contribution in [0.2, 0.25) is 0 Å². The molecular weight excluding hydrogens is 331 g/mol. The second-order valence-electron chi connectivity index (χ2n) is 4.18. The molecule has 0 N–H and O–H groups in total. The summed E-state index contributed by atoms with van der Waals surface area (Å²) in [4.78, 5) is 11.5. The summed E-state index contributed by atoms with van der Waals surface area (Å²) in [6.07, 6.45) is 2.33. The van der Waals surface area contributed by atoms with Crippen molar-refractivity contribution in [2.45, 2.75) is 24.9 Å². The number of ether oxygens (including phenoxy) is 2. The average Bonchev–Trinajstić information content (AvgIpc) is 2.38. The van der Waals surface area contributed by atoms with Gasteiger partial charge in [0.1, 0.15) is 11.4 Å². The molecule has 0 saturated carbocycles. The zero-order chi connectivity index (χ0) is 12.3. The summed E-state index contributed by atoms with van der Waals surface area (Å²) in [7, 11) is 1.64. The predicted octanol–water partition coefficient (Wildman–Crippen LogP) is 3.05. The van der Waals surface area contributed by atoms with Gasteiger partial charge in [-0.1, -0.05) is 34.7 Å². The van der Waals surface area contributed by atoms with Gasteiger partial charge >= 0.3 is 5.97 Å². The summed E-state index contributed by atoms with van der Waals surface area (Å²) >= 11 is 2.28. The van der Waals surface area contributed by atoms with Gasteiger partial charge in [0.05, 0.1) is 7.11 Å². The van der Waals surface area contributed by atoms with Gasteiger partial charge in [0, 0.05) is 10.8 Å². The van der Waals surface area contributed by atoms with Crippen molar-refractivity contribution in [2.24, 2.45) is 0 Å². The summed E-state index contributed by atoms with van der Waals surface area (Å²) in [5.74, 6) is 0.725. The molecule has 0 bridgehead atoms. The van der Waals surface area contributed by atoms with Crippen LogP contribution >= 0.6 is 22.6 Å². The molecular formula is C13H15IO3. The SMILES string of the molecule is COc1ccc([C@@]2(CI)CCCC(=O)O2)cc1. The standard InChI is InChI=1S/C13H15IO3/c1-16-11-6-4-10(5-7-11)13(9-14)8-2-3-12(15)17-13/h4-7H,2-3,8-9H2,1H3/t13-/m0/s1. The molecule has 1 atom stereocenters. The minimum atomic E-state index is -0.442. The van der Waals surface area contributed by atoms with Gasteiger partial charge in [0.25, 0.3) is 0 Å². The lowest BCUT2D eigenvalue weighted by Crippen LogP contribution is -2.37. The highest BCUT2D eigenvalue weighted by Gasteiger charge is 2.38. The number of rotatable bonds is 3. The molecule has 2 rings (SSSR count). The van der Waals surface area contributed by atoms with Crippen molar-refractivity contribution in [1.82, 2.24) is 0 Å². The molecule has 17 heavy (non-hydrogen) atoms. The third-order valence-corrected chi connectivity index (χ3v) is 4.33. The summed E-state index contributed by atoms with van der Waals surface area (Å²) in [6.45, 7) is 0. The first-order valence-electron chi connectivity index (χ1n) is 5.62. The van der Waals surface area contributed by atoms with Crippen LogP contribution in [0.5, 0.6) is 5.75 Å². The number of carbonyl (C=O) groups excluding carboxylic acids is 1. The van der Waals surface area contributed by atoms with Crippen molar-refractivity contribution < 1.29 is 14.3 Å². The maximum absolute atomic E-state index is 11.5. The second kappa shape index (κ2) is 5.25. The van der Waals surface area contributed by atoms with E-state index in [2.05, 4.69) is 22.6 Å². The van der Waals surface area contributed by atoms with Gasteiger partial charge in [-0.3, -0.25) is 4.79 Å². The predicted molar refractivity (Wildman–Crippen MR) is 73.5 cm³/mol. The third-order valence-electron chi connectivity index (χ3n) is 3.10. The first-order valence-corrected chi connectivity index (χ1v) is 7.15. The van der Waals surface area contributed by atoms with Crippen molar-refractivity contribution in [3.63, 3.8) is 0 Å². The van der Waals surface area contributed by atoms with E-state index in [9.17, 15) is 4.79 Å². The Morgan fingerprint density at radius 3 is 2.65 bits per heavy atom. The molecule has 1 aromatic rings. The first-order chi connectivity index (χ1) is 8.20. The van der Waals surface area contributed by atoms with E-state index in [1.54, 1.807) is 7.11 Å². The van der Waals surface area contributed by atoms with Gasteiger partial charge in [-0.05, 0) is 30.5 Å². The van der Waals surface area contributed by atoms with Gasteiger partial charge in [-0.2, -0.15) is 0 Å². The quantitative estimate of drug-likeness (QED) is 0.479. The molecule has 0 aromatic heterocycles. The van der Waals surface area contributed by atoms with Crippen molar-refractivity contribution in [1.29, 1.82) is 0 Å². The molecule has 3 nitrogen and oxygen atoms in total. The first kappa shape index (κ1) is 12.7. The number of methoxy groups -OCH3 is 1. The maximum Gasteiger partial charge on any atom is 0.306 e. The number of esters is 1. The van der Waals surface area contributed by atoms with Crippen molar-refractivity contribution in [2.75, 3.05) is 11.5 Å². The number of alkyl halides is 1. The number of hydrogen-bond donors (Lipinski definition) is 0. The topological polar surface area (TPSA) is 35.5 Å². The molecule has 0 unspecified atom stereocenters. The van der Waals surface area contributed by atoms with Gasteiger partial charge in [-0.15, -0.1) is 0 Å². The van der Waals surface area contributed by atoms with Crippen LogP contribution in [0, 0.1) is 0 Å². The maximum atomic E-state index is 11.5.